The minimum atomic E-state index is -1.94. The summed E-state index contributed by atoms with van der Waals surface area (Å²) in [6.07, 6.45) is -26.9. The number of carbonyl (C=O) groups excluding carboxylic acids is 2. The Morgan fingerprint density at radius 1 is 0.697 bits per heavy atom. The van der Waals surface area contributed by atoms with Gasteiger partial charge in [0.25, 0.3) is 0 Å². The summed E-state index contributed by atoms with van der Waals surface area (Å²) in [4.78, 5) is 28.9. The molecular weight excluding hydrogens is 1010 g/mol. The third kappa shape index (κ3) is 11.9. The molecule has 0 aromatic heterocycles. The minimum Gasteiger partial charge on any atom is -0.507 e. The van der Waals surface area contributed by atoms with Crippen LogP contribution in [-0.4, -0.2) is 222 Å². The molecule has 5 heterocycles. The van der Waals surface area contributed by atoms with Crippen LogP contribution in [-0.2, 0) is 58.6 Å². The molecule has 5 saturated heterocycles. The maximum Gasteiger partial charge on any atom is 0.202 e. The highest BCUT2D eigenvalue weighted by Gasteiger charge is 2.51. The second-order valence-electron chi connectivity index (χ2n) is 21.7. The van der Waals surface area contributed by atoms with Crippen molar-refractivity contribution >= 4 is 22.3 Å². The van der Waals surface area contributed by atoms with Gasteiger partial charge in [-0.1, -0.05) is 0 Å². The Labute approximate surface area is 439 Å². The summed E-state index contributed by atoms with van der Waals surface area (Å²) >= 11 is 0. The summed E-state index contributed by atoms with van der Waals surface area (Å²) in [7, 11) is 1.18. The Morgan fingerprint density at radius 2 is 1.24 bits per heavy atom. The number of phenols is 2. The predicted molar refractivity (Wildman–Crippen MR) is 259 cm³/mol. The number of phenolic OH excluding ortho intramolecular Hbond substituents is 2. The molecule has 0 spiro atoms. The second kappa shape index (κ2) is 23.4. The maximum absolute atomic E-state index is 15.0. The van der Waals surface area contributed by atoms with Crippen molar-refractivity contribution in [3.63, 3.8) is 0 Å². The van der Waals surface area contributed by atoms with Gasteiger partial charge in [-0.2, -0.15) is 0 Å². The zero-order valence-electron chi connectivity index (χ0n) is 44.0. The van der Waals surface area contributed by atoms with E-state index in [9.17, 15) is 65.8 Å². The van der Waals surface area contributed by atoms with Gasteiger partial charge in [-0.15, -0.1) is 0 Å². The van der Waals surface area contributed by atoms with E-state index in [0.717, 1.165) is 0 Å². The van der Waals surface area contributed by atoms with Crippen molar-refractivity contribution in [1.82, 2.24) is 0 Å². The molecule has 2 aromatic carbocycles. The van der Waals surface area contributed by atoms with Gasteiger partial charge in [0, 0.05) is 50.7 Å². The number of aliphatic hydroxyl groups excluding tert-OH is 8. The first-order valence-corrected chi connectivity index (χ1v) is 26.0. The van der Waals surface area contributed by atoms with Crippen LogP contribution >= 0.6 is 0 Å². The SMILES string of the molecule is CO[C@H](C(=O)[C@@H](O)[C@@H](C)O)[C@@H]1Cc2cc3cc(O[C@H]4C[C@@H](O[C@H]5C[C@@H](O)[C@H](O)[C@@H](C)O5)[C@H](O)[C@@H](C)O4)c(C)c(O)c3c(O)c2C(=O)[C@H]1O[C@H]1C[C@@H](O[C@@H]2C[C@@H](O)[C@@H](O[C@H]3C[C@](C)(O)[C@H](O)[C@@H](C)O3)[C@@H](C)O2)[C@H](O)[C@@H](C)O1. The van der Waals surface area contributed by atoms with E-state index in [4.69, 9.17) is 52.1 Å². The highest BCUT2D eigenvalue weighted by Crippen LogP contribution is 2.47. The number of rotatable bonds is 15. The highest BCUT2D eigenvalue weighted by atomic mass is 16.7. The number of fused-ring (bicyclic) bond motifs is 2. The normalized spacial score (nSPS) is 42.5. The molecule has 11 N–H and O–H groups in total. The van der Waals surface area contributed by atoms with Crippen LogP contribution < -0.4 is 4.74 Å². The summed E-state index contributed by atoms with van der Waals surface area (Å²) in [6.45, 7) is 12.1. The van der Waals surface area contributed by atoms with Gasteiger partial charge in [0.2, 0.25) is 6.29 Å². The molecule has 0 amide bonds. The number of hydrogen-bond donors (Lipinski definition) is 11. The molecule has 2 aromatic rings. The van der Waals surface area contributed by atoms with Crippen LogP contribution in [0.4, 0.5) is 0 Å². The largest absolute Gasteiger partial charge is 0.507 e. The number of benzene rings is 2. The van der Waals surface area contributed by atoms with E-state index in [1.165, 1.54) is 46.9 Å². The summed E-state index contributed by atoms with van der Waals surface area (Å²) in [5.74, 6) is -4.06. The molecule has 5 fully saturated rings. The summed E-state index contributed by atoms with van der Waals surface area (Å²) in [6, 6.07) is 3.03. The van der Waals surface area contributed by atoms with Gasteiger partial charge in [0.1, 0.15) is 66.1 Å². The van der Waals surface area contributed by atoms with E-state index in [1.54, 1.807) is 27.7 Å². The van der Waals surface area contributed by atoms with E-state index >= 15 is 0 Å². The molecule has 0 radical (unpaired) electrons. The molecule has 428 valence electrons. The zero-order valence-corrected chi connectivity index (χ0v) is 44.0. The van der Waals surface area contributed by atoms with Gasteiger partial charge in [-0.3, -0.25) is 9.59 Å². The lowest BCUT2D eigenvalue weighted by molar-refractivity contribution is -0.337. The predicted octanol–water partition coefficient (Wildman–Crippen LogP) is -0.249. The third-order valence-corrected chi connectivity index (χ3v) is 15.9. The lowest BCUT2D eigenvalue weighted by Crippen LogP contribution is -2.58. The van der Waals surface area contributed by atoms with E-state index in [1.807, 2.05) is 0 Å². The molecule has 5 aliphatic heterocycles. The Kier molecular flexibility index (Phi) is 18.1. The van der Waals surface area contributed by atoms with Gasteiger partial charge in [-0.05, 0) is 84.9 Å². The lowest BCUT2D eigenvalue weighted by Gasteiger charge is -2.46. The van der Waals surface area contributed by atoms with Gasteiger partial charge < -0.3 is 108 Å². The summed E-state index contributed by atoms with van der Waals surface area (Å²) in [5.41, 5.74) is -1.44. The number of methoxy groups -OCH3 is 1. The molecule has 0 bridgehead atoms. The Bertz CT molecular complexity index is 2340. The number of Topliss-reactive ketones (excluding diaryl/α,β-unsaturated/α-hetero) is 2. The minimum absolute atomic E-state index is 0.0355. The molecule has 1 aliphatic carbocycles. The molecule has 24 heteroatoms. The molecule has 6 aliphatic rings. The quantitative estimate of drug-likeness (QED) is 0.110. The van der Waals surface area contributed by atoms with Crippen LogP contribution in [0.15, 0.2) is 12.1 Å². The maximum atomic E-state index is 15.0. The number of aromatic hydroxyl groups is 2. The monoisotopic (exact) mass is 1080 g/mol. The van der Waals surface area contributed by atoms with Gasteiger partial charge in [0.05, 0.1) is 77.6 Å². The first-order valence-electron chi connectivity index (χ1n) is 26.0. The van der Waals surface area contributed by atoms with Gasteiger partial charge in [-0.25, -0.2) is 0 Å². The highest BCUT2D eigenvalue weighted by molar-refractivity contribution is 6.11. The molecule has 8 rings (SSSR count). The van der Waals surface area contributed by atoms with E-state index in [2.05, 4.69) is 0 Å². The number of aliphatic hydroxyl groups is 9. The molecule has 0 saturated carbocycles. The smallest absolute Gasteiger partial charge is 0.202 e. The van der Waals surface area contributed by atoms with Crippen LogP contribution in [0.3, 0.4) is 0 Å². The molecule has 24 nitrogen and oxygen atoms in total. The number of hydrogen-bond acceptors (Lipinski definition) is 24. The van der Waals surface area contributed by atoms with Crippen LogP contribution in [0.5, 0.6) is 17.2 Å². The van der Waals surface area contributed by atoms with Crippen molar-refractivity contribution < 1.29 is 118 Å². The fourth-order valence-electron chi connectivity index (χ4n) is 11.4. The summed E-state index contributed by atoms with van der Waals surface area (Å²) in [5, 5.41) is 120. The Balaban J connectivity index is 1.02. The number of ketones is 2. The van der Waals surface area contributed by atoms with Crippen LogP contribution in [0, 0.1) is 12.8 Å². The topological polar surface area (TPSA) is 358 Å². The summed E-state index contributed by atoms with van der Waals surface area (Å²) < 4.78 is 66.4. The van der Waals surface area contributed by atoms with Crippen molar-refractivity contribution in [1.29, 1.82) is 0 Å². The lowest BCUT2D eigenvalue weighted by atomic mass is 9.75. The Hall–Kier alpha value is -3.32. The molecular formula is C52H76O24. The van der Waals surface area contributed by atoms with Gasteiger partial charge >= 0.3 is 0 Å². The molecule has 0 unspecified atom stereocenters. The third-order valence-electron chi connectivity index (χ3n) is 15.9. The molecule has 76 heavy (non-hydrogen) atoms. The fraction of sp³-hybridized carbons (Fsp3) is 0.769. The number of ether oxygens (including phenoxy) is 11. The second-order valence-corrected chi connectivity index (χ2v) is 21.7. The first kappa shape index (κ1) is 58.8. The standard InChI is InChI=1S/C52H76O24/c1-18-30(72-35-15-31(43(59)21(4)68-35)73-33-13-28(54)42(58)20(3)67-33)12-26-10-25-11-27(49(66-9)47(63)41(57)19(2)53)50(46(62)39(25)45(61)38(26)40(18)56)75-36-16-32(44(60)22(5)69-36)74-34-14-29(55)48(23(6)70-34)76-37-17-52(8,65)51(64)24(7)71-37/h10,12,19-24,27-29,31-37,41-44,48-51,53-61,64-65H,11,13-17H2,1-9H3/t19-,20-,21-,22-,23-,24-,27+,28-,29-,31-,32-,33+,34-,35+,36+,37+,41+,42-,43-,44-,48+,49+,50+,51-,52+/m1/s1. The van der Waals surface area contributed by atoms with Crippen molar-refractivity contribution in [3.8, 4) is 17.2 Å². The van der Waals surface area contributed by atoms with Crippen molar-refractivity contribution in [2.75, 3.05) is 7.11 Å². The van der Waals surface area contributed by atoms with Crippen LogP contribution in [0.1, 0.15) is 102 Å². The van der Waals surface area contributed by atoms with Crippen LogP contribution in [0.2, 0.25) is 0 Å². The van der Waals surface area contributed by atoms with Crippen molar-refractivity contribution in [2.24, 2.45) is 5.92 Å². The fourth-order valence-corrected chi connectivity index (χ4v) is 11.4. The van der Waals surface area contributed by atoms with Gasteiger partial charge in [0.15, 0.2) is 36.7 Å². The Morgan fingerprint density at radius 3 is 1.80 bits per heavy atom. The molecule has 25 atom stereocenters. The number of carbonyl (C=O) groups is 2. The average molecular weight is 1090 g/mol. The van der Waals surface area contributed by atoms with E-state index in [0.29, 0.717) is 0 Å². The van der Waals surface area contributed by atoms with Crippen molar-refractivity contribution in [2.45, 2.75) is 241 Å². The van der Waals surface area contributed by atoms with Crippen molar-refractivity contribution in [3.05, 3.63) is 28.8 Å². The zero-order chi connectivity index (χ0) is 55.6. The first-order chi connectivity index (χ1) is 35.7. The van der Waals surface area contributed by atoms with Crippen LogP contribution in [0.25, 0.3) is 10.8 Å². The van der Waals surface area contributed by atoms with E-state index < -0.39 is 176 Å². The van der Waals surface area contributed by atoms with E-state index in [-0.39, 0.29) is 71.7 Å². The average Bonchev–Trinajstić information content (AvgIpc) is 3.38.